The van der Waals surface area contributed by atoms with Crippen LogP contribution in [0.2, 0.25) is 0 Å². The summed E-state index contributed by atoms with van der Waals surface area (Å²) in [6, 6.07) is 0. The van der Waals surface area contributed by atoms with Crippen molar-refractivity contribution in [3.05, 3.63) is 0 Å². The number of hydrogen-bond donors (Lipinski definition) is 1. The van der Waals surface area contributed by atoms with Gasteiger partial charge in [-0.25, -0.2) is 0 Å². The van der Waals surface area contributed by atoms with Crippen LogP contribution in [-0.4, -0.2) is 25.3 Å². The Balaban J connectivity index is 2.11. The Morgan fingerprint density at radius 2 is 2.50 bits per heavy atom. The van der Waals surface area contributed by atoms with Crippen molar-refractivity contribution >= 4 is 0 Å². The largest absolute Gasteiger partial charge is 0.379 e. The molecule has 0 bridgehead atoms. The summed E-state index contributed by atoms with van der Waals surface area (Å²) in [4.78, 5) is 0. The first-order valence-corrected chi connectivity index (χ1v) is 4.16. The lowest BCUT2D eigenvalue weighted by molar-refractivity contribution is 0.160. The van der Waals surface area contributed by atoms with Gasteiger partial charge in [0.25, 0.3) is 0 Å². The molecule has 2 heterocycles. The fourth-order valence-corrected chi connectivity index (χ4v) is 2.10. The maximum Gasteiger partial charge on any atom is 0.0651 e. The third-order valence-electron chi connectivity index (χ3n) is 3.05. The van der Waals surface area contributed by atoms with Crippen LogP contribution in [0.25, 0.3) is 0 Å². The van der Waals surface area contributed by atoms with E-state index >= 15 is 0 Å². The second kappa shape index (κ2) is 2.21. The van der Waals surface area contributed by atoms with E-state index in [1.165, 1.54) is 19.4 Å². The van der Waals surface area contributed by atoms with Gasteiger partial charge >= 0.3 is 0 Å². The molecule has 2 aliphatic rings. The van der Waals surface area contributed by atoms with Crippen molar-refractivity contribution in [2.45, 2.75) is 25.3 Å². The molecule has 58 valence electrons. The molecule has 0 amide bonds. The summed E-state index contributed by atoms with van der Waals surface area (Å²) in [5.41, 5.74) is 0.375. The SMILES string of the molecule is CC1CCN[C@@]12CCOC2. The van der Waals surface area contributed by atoms with Gasteiger partial charge in [-0.1, -0.05) is 6.92 Å². The van der Waals surface area contributed by atoms with Crippen molar-refractivity contribution in [2.75, 3.05) is 19.8 Å². The molecule has 2 heteroatoms. The highest BCUT2D eigenvalue weighted by atomic mass is 16.5. The van der Waals surface area contributed by atoms with E-state index in [4.69, 9.17) is 4.74 Å². The third kappa shape index (κ3) is 0.789. The van der Waals surface area contributed by atoms with Crippen LogP contribution < -0.4 is 5.32 Å². The quantitative estimate of drug-likeness (QED) is 0.538. The van der Waals surface area contributed by atoms with Gasteiger partial charge in [-0.05, 0) is 25.3 Å². The van der Waals surface area contributed by atoms with E-state index in [0.29, 0.717) is 5.54 Å². The zero-order chi connectivity index (χ0) is 7.03. The van der Waals surface area contributed by atoms with E-state index in [1.54, 1.807) is 0 Å². The van der Waals surface area contributed by atoms with Crippen LogP contribution in [-0.2, 0) is 4.74 Å². The molecule has 0 radical (unpaired) electrons. The fourth-order valence-electron chi connectivity index (χ4n) is 2.10. The lowest BCUT2D eigenvalue weighted by atomic mass is 9.86. The number of ether oxygens (including phenoxy) is 1. The van der Waals surface area contributed by atoms with Crippen molar-refractivity contribution in [1.29, 1.82) is 0 Å². The van der Waals surface area contributed by atoms with Gasteiger partial charge in [-0.3, -0.25) is 0 Å². The molecule has 0 aliphatic carbocycles. The topological polar surface area (TPSA) is 21.3 Å². The first-order valence-electron chi connectivity index (χ1n) is 4.16. The average Bonchev–Trinajstić information content (AvgIpc) is 2.48. The number of hydrogen-bond acceptors (Lipinski definition) is 2. The molecule has 2 nitrogen and oxygen atoms in total. The number of rotatable bonds is 0. The Morgan fingerprint density at radius 1 is 1.60 bits per heavy atom. The van der Waals surface area contributed by atoms with Crippen molar-refractivity contribution in [3.63, 3.8) is 0 Å². The minimum absolute atomic E-state index is 0.375. The summed E-state index contributed by atoms with van der Waals surface area (Å²) < 4.78 is 5.39. The average molecular weight is 141 g/mol. The third-order valence-corrected chi connectivity index (χ3v) is 3.05. The predicted octanol–water partition coefficient (Wildman–Crippen LogP) is 0.775. The summed E-state index contributed by atoms with van der Waals surface area (Å²) in [5.74, 6) is 0.815. The Labute approximate surface area is 61.9 Å². The summed E-state index contributed by atoms with van der Waals surface area (Å²) in [6.07, 6.45) is 2.54. The standard InChI is InChI=1S/C8H15NO/c1-7-2-4-9-8(7)3-5-10-6-8/h7,9H,2-6H2,1H3/t7?,8-/m1/s1. The van der Waals surface area contributed by atoms with Crippen molar-refractivity contribution in [1.82, 2.24) is 5.32 Å². The minimum Gasteiger partial charge on any atom is -0.379 e. The van der Waals surface area contributed by atoms with Gasteiger partial charge in [-0.15, -0.1) is 0 Å². The summed E-state index contributed by atoms with van der Waals surface area (Å²) >= 11 is 0. The molecule has 1 spiro atoms. The van der Waals surface area contributed by atoms with Gasteiger partial charge < -0.3 is 10.1 Å². The molecule has 1 N–H and O–H groups in total. The van der Waals surface area contributed by atoms with Crippen molar-refractivity contribution in [3.8, 4) is 0 Å². The van der Waals surface area contributed by atoms with Gasteiger partial charge in [0.2, 0.25) is 0 Å². The first-order chi connectivity index (χ1) is 4.83. The Hall–Kier alpha value is -0.0800. The Bertz CT molecular complexity index is 124. The fraction of sp³-hybridized carbons (Fsp3) is 1.00. The van der Waals surface area contributed by atoms with Crippen molar-refractivity contribution in [2.24, 2.45) is 5.92 Å². The van der Waals surface area contributed by atoms with Crippen LogP contribution in [0.5, 0.6) is 0 Å². The molecular formula is C8H15NO. The van der Waals surface area contributed by atoms with E-state index in [9.17, 15) is 0 Å². The lowest BCUT2D eigenvalue weighted by Gasteiger charge is -2.26. The van der Waals surface area contributed by atoms with Crippen LogP contribution in [0.15, 0.2) is 0 Å². The van der Waals surface area contributed by atoms with Crippen LogP contribution in [0, 0.1) is 5.92 Å². The predicted molar refractivity (Wildman–Crippen MR) is 40.0 cm³/mol. The molecule has 1 unspecified atom stereocenters. The highest BCUT2D eigenvalue weighted by molar-refractivity contribution is 5.00. The van der Waals surface area contributed by atoms with E-state index < -0.39 is 0 Å². The zero-order valence-electron chi connectivity index (χ0n) is 6.52. The molecule has 2 fully saturated rings. The molecule has 0 aromatic carbocycles. The number of nitrogens with one attached hydrogen (secondary N) is 1. The highest BCUT2D eigenvalue weighted by Crippen LogP contribution is 2.33. The monoisotopic (exact) mass is 141 g/mol. The van der Waals surface area contributed by atoms with E-state index in [2.05, 4.69) is 12.2 Å². The molecule has 0 saturated carbocycles. The van der Waals surface area contributed by atoms with E-state index in [0.717, 1.165) is 19.1 Å². The highest BCUT2D eigenvalue weighted by Gasteiger charge is 2.42. The zero-order valence-corrected chi connectivity index (χ0v) is 6.52. The second-order valence-electron chi connectivity index (χ2n) is 3.58. The Morgan fingerprint density at radius 3 is 3.00 bits per heavy atom. The summed E-state index contributed by atoms with van der Waals surface area (Å²) in [6.45, 7) is 5.41. The second-order valence-corrected chi connectivity index (χ2v) is 3.58. The van der Waals surface area contributed by atoms with Gasteiger partial charge in [0.1, 0.15) is 0 Å². The summed E-state index contributed by atoms with van der Waals surface area (Å²) in [7, 11) is 0. The van der Waals surface area contributed by atoms with Crippen LogP contribution in [0.3, 0.4) is 0 Å². The van der Waals surface area contributed by atoms with E-state index in [1.807, 2.05) is 0 Å². The molecule has 10 heavy (non-hydrogen) atoms. The van der Waals surface area contributed by atoms with Crippen molar-refractivity contribution < 1.29 is 4.74 Å². The maximum absolute atomic E-state index is 5.39. The minimum atomic E-state index is 0.375. The van der Waals surface area contributed by atoms with Gasteiger partial charge in [0.15, 0.2) is 0 Å². The first kappa shape index (κ1) is 6.62. The lowest BCUT2D eigenvalue weighted by Crippen LogP contribution is -2.44. The van der Waals surface area contributed by atoms with E-state index in [-0.39, 0.29) is 0 Å². The van der Waals surface area contributed by atoms with Gasteiger partial charge in [0.05, 0.1) is 6.61 Å². The maximum atomic E-state index is 5.39. The molecule has 0 aromatic heterocycles. The molecule has 0 aromatic rings. The normalized spacial score (nSPS) is 47.1. The smallest absolute Gasteiger partial charge is 0.0651 e. The van der Waals surface area contributed by atoms with Crippen LogP contribution in [0.1, 0.15) is 19.8 Å². The molecule has 2 rings (SSSR count). The van der Waals surface area contributed by atoms with Gasteiger partial charge in [0, 0.05) is 12.1 Å². The molecule has 2 atom stereocenters. The molecule has 2 saturated heterocycles. The van der Waals surface area contributed by atoms with Crippen LogP contribution in [0.4, 0.5) is 0 Å². The van der Waals surface area contributed by atoms with Crippen LogP contribution >= 0.6 is 0 Å². The molecule has 2 aliphatic heterocycles. The summed E-state index contributed by atoms with van der Waals surface area (Å²) in [5, 5.41) is 3.56. The molecular weight excluding hydrogens is 126 g/mol. The Kier molecular flexibility index (Phi) is 1.46. The van der Waals surface area contributed by atoms with Gasteiger partial charge in [-0.2, -0.15) is 0 Å².